The van der Waals surface area contributed by atoms with Crippen molar-refractivity contribution in [2.24, 2.45) is 5.92 Å². The molecule has 302 valence electrons. The molecule has 0 radical (unpaired) electrons. The van der Waals surface area contributed by atoms with Crippen LogP contribution in [0.5, 0.6) is 0 Å². The topological polar surface area (TPSA) is 8.17 Å². The molecule has 0 fully saturated rings. The fraction of sp³-hybridized carbons (Fsp3) is 0.0645. The molecule has 0 saturated heterocycles. The molecule has 0 aliphatic heterocycles. The average molecular weight is 817 g/mol. The summed E-state index contributed by atoms with van der Waals surface area (Å²) in [6.07, 6.45) is 8.03. The molecule has 10 aromatic rings. The van der Waals surface area contributed by atoms with Crippen molar-refractivity contribution in [3.05, 3.63) is 293 Å². The normalized spacial score (nSPS) is 19.2. The van der Waals surface area contributed by atoms with Crippen LogP contribution in [0, 0.1) is 5.92 Å². The number of rotatable bonds is 7. The van der Waals surface area contributed by atoms with Gasteiger partial charge in [-0.25, -0.2) is 0 Å². The maximum atomic E-state index is 2.48. The number of hydrogen-bond donors (Lipinski definition) is 0. The second kappa shape index (κ2) is 14.3. The zero-order valence-corrected chi connectivity index (χ0v) is 35.4. The summed E-state index contributed by atoms with van der Waals surface area (Å²) in [7, 11) is 0. The Kier molecular flexibility index (Phi) is 8.20. The molecule has 0 N–H and O–H groups in total. The predicted molar refractivity (Wildman–Crippen MR) is 265 cm³/mol. The van der Waals surface area contributed by atoms with E-state index >= 15 is 0 Å². The first-order valence-corrected chi connectivity index (χ1v) is 22.5. The summed E-state index contributed by atoms with van der Waals surface area (Å²) < 4.78 is 2.41. The molecule has 3 aliphatic rings. The number of allylic oxidation sites excluding steroid dienone is 4. The lowest BCUT2D eigenvalue weighted by atomic mass is 9.50. The van der Waals surface area contributed by atoms with Gasteiger partial charge in [0.15, 0.2) is 0 Å². The maximum absolute atomic E-state index is 2.48. The number of aromatic nitrogens is 1. The molecule has 0 bridgehead atoms. The Balaban J connectivity index is 1.10. The van der Waals surface area contributed by atoms with Gasteiger partial charge in [-0.05, 0) is 111 Å². The third-order valence-electron chi connectivity index (χ3n) is 14.5. The minimum absolute atomic E-state index is 0.271. The lowest BCUT2D eigenvalue weighted by Crippen LogP contribution is -2.46. The molecular formula is C62H44N2. The lowest BCUT2D eigenvalue weighted by Gasteiger charge is -2.51. The van der Waals surface area contributed by atoms with Crippen molar-refractivity contribution in [1.82, 2.24) is 4.57 Å². The van der Waals surface area contributed by atoms with Crippen molar-refractivity contribution >= 4 is 44.4 Å². The fourth-order valence-electron chi connectivity index (χ4n) is 12.2. The average Bonchev–Trinajstić information content (AvgIpc) is 3.87. The summed E-state index contributed by atoms with van der Waals surface area (Å²) in [5.74, 6) is 0.271. The first-order chi connectivity index (χ1) is 31.8. The Morgan fingerprint density at radius 2 is 1.03 bits per heavy atom. The summed E-state index contributed by atoms with van der Waals surface area (Å²) >= 11 is 0. The third-order valence-corrected chi connectivity index (χ3v) is 14.5. The van der Waals surface area contributed by atoms with Gasteiger partial charge >= 0.3 is 0 Å². The van der Waals surface area contributed by atoms with Crippen LogP contribution in [0.4, 0.5) is 17.1 Å². The molecule has 3 unspecified atom stereocenters. The predicted octanol–water partition coefficient (Wildman–Crippen LogP) is 15.3. The van der Waals surface area contributed by atoms with E-state index in [-0.39, 0.29) is 11.3 Å². The van der Waals surface area contributed by atoms with E-state index in [4.69, 9.17) is 0 Å². The Hall–Kier alpha value is -7.94. The van der Waals surface area contributed by atoms with E-state index < -0.39 is 5.41 Å². The monoisotopic (exact) mass is 816 g/mol. The molecule has 1 heterocycles. The van der Waals surface area contributed by atoms with E-state index in [0.717, 1.165) is 29.2 Å². The molecule has 2 nitrogen and oxygen atoms in total. The molecule has 64 heavy (non-hydrogen) atoms. The van der Waals surface area contributed by atoms with Crippen LogP contribution in [0.3, 0.4) is 0 Å². The fourth-order valence-corrected chi connectivity index (χ4v) is 12.2. The van der Waals surface area contributed by atoms with E-state index in [1.165, 1.54) is 71.9 Å². The third kappa shape index (κ3) is 5.02. The van der Waals surface area contributed by atoms with Gasteiger partial charge in [-0.2, -0.15) is 0 Å². The first kappa shape index (κ1) is 36.7. The number of fused-ring (bicyclic) bond motifs is 8. The van der Waals surface area contributed by atoms with Crippen LogP contribution in [0.15, 0.2) is 249 Å². The maximum Gasteiger partial charge on any atom is 0.0708 e. The highest BCUT2D eigenvalue weighted by atomic mass is 15.1. The van der Waals surface area contributed by atoms with Crippen LogP contribution in [-0.2, 0) is 10.8 Å². The van der Waals surface area contributed by atoms with E-state index in [0.29, 0.717) is 0 Å². The van der Waals surface area contributed by atoms with Crippen molar-refractivity contribution in [1.29, 1.82) is 0 Å². The van der Waals surface area contributed by atoms with Crippen LogP contribution in [-0.4, -0.2) is 4.57 Å². The minimum atomic E-state index is -0.634. The van der Waals surface area contributed by atoms with Crippen molar-refractivity contribution in [3.8, 4) is 5.69 Å². The Labute approximate surface area is 374 Å². The van der Waals surface area contributed by atoms with Crippen LogP contribution in [0.25, 0.3) is 33.1 Å². The van der Waals surface area contributed by atoms with E-state index in [9.17, 15) is 0 Å². The largest absolute Gasteiger partial charge is 0.310 e. The van der Waals surface area contributed by atoms with Gasteiger partial charge in [-0.15, -0.1) is 0 Å². The summed E-state index contributed by atoms with van der Waals surface area (Å²) in [5, 5.41) is 2.48. The van der Waals surface area contributed by atoms with Gasteiger partial charge < -0.3 is 9.47 Å². The van der Waals surface area contributed by atoms with Crippen molar-refractivity contribution in [2.75, 3.05) is 4.90 Å². The summed E-state index contributed by atoms with van der Waals surface area (Å²) in [6.45, 7) is 0. The Bertz CT molecular complexity index is 3470. The standard InChI is InChI=1S/C62H44N2/c1-5-21-43(22-6-1)61(55-35-16-17-36-56(55)62(44-23-7-2-8-24-44)54-34-15-13-31-50(54)53-33-20-37-57(61)60(53)62)45-25-19-30-48(41-45)63(46-26-9-3-10-27-46)49-39-40-52-51-32-14-18-38-58(51)64(59(52)42-49)47-28-11-4-12-29-47/h1-33,35-42,54H,34H2. The van der Waals surface area contributed by atoms with Crippen LogP contribution < -0.4 is 4.90 Å². The van der Waals surface area contributed by atoms with Crippen molar-refractivity contribution in [3.63, 3.8) is 0 Å². The van der Waals surface area contributed by atoms with Gasteiger partial charge in [0.25, 0.3) is 0 Å². The summed E-state index contributed by atoms with van der Waals surface area (Å²) in [5.41, 5.74) is 18.0. The Morgan fingerprint density at radius 3 is 1.83 bits per heavy atom. The highest BCUT2D eigenvalue weighted by molar-refractivity contribution is 6.10. The van der Waals surface area contributed by atoms with Crippen LogP contribution >= 0.6 is 0 Å². The van der Waals surface area contributed by atoms with Crippen molar-refractivity contribution < 1.29 is 0 Å². The molecule has 13 rings (SSSR count). The highest BCUT2D eigenvalue weighted by Gasteiger charge is 2.60. The lowest BCUT2D eigenvalue weighted by molar-refractivity contribution is 0.454. The number of para-hydroxylation sites is 3. The van der Waals surface area contributed by atoms with Crippen molar-refractivity contribution in [2.45, 2.75) is 17.3 Å². The minimum Gasteiger partial charge on any atom is -0.310 e. The van der Waals surface area contributed by atoms with Crippen LogP contribution in [0.1, 0.15) is 50.9 Å². The number of hydrogen-bond acceptors (Lipinski definition) is 1. The number of benzene rings is 9. The molecule has 3 atom stereocenters. The van der Waals surface area contributed by atoms with Gasteiger partial charge in [0.1, 0.15) is 0 Å². The molecule has 2 heteroatoms. The molecular weight excluding hydrogens is 773 g/mol. The zero-order valence-electron chi connectivity index (χ0n) is 35.4. The van der Waals surface area contributed by atoms with Crippen LogP contribution in [0.2, 0.25) is 0 Å². The van der Waals surface area contributed by atoms with Gasteiger partial charge in [0, 0.05) is 39.4 Å². The summed E-state index contributed by atoms with van der Waals surface area (Å²) in [4.78, 5) is 2.44. The van der Waals surface area contributed by atoms with Gasteiger partial charge in [-0.3, -0.25) is 0 Å². The second-order valence-electron chi connectivity index (χ2n) is 17.5. The van der Waals surface area contributed by atoms with E-state index in [1.807, 2.05) is 0 Å². The number of anilines is 3. The summed E-state index contributed by atoms with van der Waals surface area (Å²) in [6, 6.07) is 86.0. The SMILES string of the molecule is C1=CCC2C(=C1)c1cccc3c1C2(c1ccccc1)c1ccccc1C3(c1ccccc1)c1cccc(N(c2ccccc2)c2ccc3c4ccccc4n(-c4ccccc4)c3c2)c1. The molecule has 0 saturated carbocycles. The molecule has 1 aromatic heterocycles. The van der Waals surface area contributed by atoms with E-state index in [1.54, 1.807) is 0 Å². The molecule has 0 amide bonds. The Morgan fingerprint density at radius 1 is 0.438 bits per heavy atom. The highest BCUT2D eigenvalue weighted by Crippen LogP contribution is 2.67. The smallest absolute Gasteiger partial charge is 0.0708 e. The van der Waals surface area contributed by atoms with Gasteiger partial charge in [0.2, 0.25) is 0 Å². The van der Waals surface area contributed by atoms with Gasteiger partial charge in [0.05, 0.1) is 21.9 Å². The second-order valence-corrected chi connectivity index (χ2v) is 17.5. The van der Waals surface area contributed by atoms with Gasteiger partial charge in [-0.1, -0.05) is 194 Å². The number of nitrogens with zero attached hydrogens (tertiary/aromatic N) is 2. The zero-order chi connectivity index (χ0) is 42.2. The quantitative estimate of drug-likeness (QED) is 0.156. The molecule has 9 aromatic carbocycles. The molecule has 3 aliphatic carbocycles. The van der Waals surface area contributed by atoms with E-state index in [2.05, 4.69) is 258 Å². The first-order valence-electron chi connectivity index (χ1n) is 22.5. The molecule has 0 spiro atoms.